The van der Waals surface area contributed by atoms with Crippen molar-refractivity contribution in [3.05, 3.63) is 267 Å². The Morgan fingerprint density at radius 2 is 0.513 bits per heavy atom. The summed E-state index contributed by atoms with van der Waals surface area (Å²) in [6.07, 6.45) is 0. The summed E-state index contributed by atoms with van der Waals surface area (Å²) in [6, 6.07) is 97.1. The third-order valence-corrected chi connectivity index (χ3v) is 15.7. The van der Waals surface area contributed by atoms with Crippen LogP contribution in [0.2, 0.25) is 0 Å². The number of aromatic nitrogens is 2. The van der Waals surface area contributed by atoms with Crippen molar-refractivity contribution >= 4 is 87.5 Å². The first-order valence-corrected chi connectivity index (χ1v) is 26.0. The molecule has 0 fully saturated rings. The molecule has 4 nitrogen and oxygen atoms in total. The molecule has 4 heteroatoms. The number of nitrogens with zero attached hydrogens (tertiary/aromatic N) is 2. The van der Waals surface area contributed by atoms with E-state index in [1.54, 1.807) is 0 Å². The van der Waals surface area contributed by atoms with Crippen LogP contribution in [0.25, 0.3) is 154 Å². The van der Waals surface area contributed by atoms with Gasteiger partial charge in [0.15, 0.2) is 0 Å². The van der Waals surface area contributed by atoms with Crippen LogP contribution in [-0.4, -0.2) is 9.13 Å². The molecule has 0 aliphatic rings. The smallest absolute Gasteiger partial charge is 0.135 e. The molecule has 0 aliphatic carbocycles. The fraction of sp³-hybridized carbons (Fsp3) is 0. The molecule has 16 aromatic rings. The highest BCUT2D eigenvalue weighted by atomic mass is 16.3. The van der Waals surface area contributed by atoms with E-state index in [0.717, 1.165) is 111 Å². The van der Waals surface area contributed by atoms with Crippen LogP contribution in [0, 0.1) is 0 Å². The van der Waals surface area contributed by atoms with E-state index < -0.39 is 0 Å². The van der Waals surface area contributed by atoms with Crippen molar-refractivity contribution < 1.29 is 8.83 Å². The Bertz CT molecular complexity index is 4680. The summed E-state index contributed by atoms with van der Waals surface area (Å²) >= 11 is 0. The predicted molar refractivity (Wildman–Crippen MR) is 317 cm³/mol. The van der Waals surface area contributed by atoms with Crippen molar-refractivity contribution in [2.75, 3.05) is 0 Å². The van der Waals surface area contributed by atoms with Crippen LogP contribution >= 0.6 is 0 Å². The standard InChI is InChI=1S/C72H44N2O2/c1-3-15-45(16-4-1)51-35-52(46-17-5-2-6-18-46)37-53(36-51)54-38-55(73-65-23-11-7-19-57(65)61-40-47(27-31-67(61)73)49-29-33-71-63(42-49)59-21-9-13-25-69(59)75-71)44-56(39-54)74-66-24-12-8-20-58(66)62-41-48(28-32-68(62)74)50-30-34-72-64(43-50)60-22-10-14-26-70(60)76-72/h1-44H. The van der Waals surface area contributed by atoms with Crippen molar-refractivity contribution in [2.24, 2.45) is 0 Å². The number of para-hydroxylation sites is 4. The zero-order chi connectivity index (χ0) is 49.8. The fourth-order valence-electron chi connectivity index (χ4n) is 12.1. The maximum absolute atomic E-state index is 6.24. The Hall–Kier alpha value is -10.2. The molecule has 0 atom stereocenters. The Labute approximate surface area is 437 Å². The van der Waals surface area contributed by atoms with E-state index in [2.05, 4.69) is 252 Å². The summed E-state index contributed by atoms with van der Waals surface area (Å²) in [6.45, 7) is 0. The number of hydrogen-bond acceptors (Lipinski definition) is 2. The monoisotopic (exact) mass is 968 g/mol. The van der Waals surface area contributed by atoms with Crippen LogP contribution in [0.15, 0.2) is 276 Å². The zero-order valence-electron chi connectivity index (χ0n) is 41.1. The minimum absolute atomic E-state index is 0.897. The van der Waals surface area contributed by atoms with E-state index in [-0.39, 0.29) is 0 Å². The summed E-state index contributed by atoms with van der Waals surface area (Å²) in [5, 5.41) is 9.29. The van der Waals surface area contributed by atoms with Gasteiger partial charge >= 0.3 is 0 Å². The van der Waals surface area contributed by atoms with E-state index in [0.29, 0.717) is 0 Å². The van der Waals surface area contributed by atoms with Crippen LogP contribution in [0.4, 0.5) is 0 Å². The van der Waals surface area contributed by atoms with E-state index in [1.165, 1.54) is 43.8 Å². The molecular formula is C72H44N2O2. The second kappa shape index (κ2) is 16.7. The van der Waals surface area contributed by atoms with Crippen molar-refractivity contribution in [2.45, 2.75) is 0 Å². The van der Waals surface area contributed by atoms with Gasteiger partial charge in [0, 0.05) is 54.5 Å². The van der Waals surface area contributed by atoms with Gasteiger partial charge in [-0.1, -0.05) is 158 Å². The molecule has 12 aromatic carbocycles. The van der Waals surface area contributed by atoms with Crippen molar-refractivity contribution in [1.29, 1.82) is 0 Å². The summed E-state index contributed by atoms with van der Waals surface area (Å²) in [7, 11) is 0. The average molecular weight is 969 g/mol. The molecule has 0 saturated carbocycles. The SMILES string of the molecule is c1ccc(-c2cc(-c3ccccc3)cc(-c3cc(-n4c5ccccc5c5cc(-c6ccc7oc8ccccc8c7c6)ccc54)cc(-n4c5ccccc5c5cc(-c6ccc7oc8ccccc8c7c6)ccc54)c3)c2)cc1. The van der Waals surface area contributed by atoms with Gasteiger partial charge < -0.3 is 18.0 Å². The van der Waals surface area contributed by atoms with Gasteiger partial charge in [-0.05, 0) is 165 Å². The molecule has 0 radical (unpaired) electrons. The molecule has 4 heterocycles. The highest BCUT2D eigenvalue weighted by molar-refractivity contribution is 6.13. The first-order valence-electron chi connectivity index (χ1n) is 26.0. The number of furan rings is 2. The average Bonchev–Trinajstić information content (AvgIpc) is 4.30. The molecule has 0 N–H and O–H groups in total. The van der Waals surface area contributed by atoms with Crippen molar-refractivity contribution in [3.63, 3.8) is 0 Å². The van der Waals surface area contributed by atoms with Gasteiger partial charge in [0.05, 0.1) is 22.1 Å². The second-order valence-corrected chi connectivity index (χ2v) is 20.1. The van der Waals surface area contributed by atoms with Crippen molar-refractivity contribution in [3.8, 4) is 67.0 Å². The molecule has 76 heavy (non-hydrogen) atoms. The van der Waals surface area contributed by atoms with Gasteiger partial charge in [0.25, 0.3) is 0 Å². The predicted octanol–water partition coefficient (Wildman–Crippen LogP) is 20.0. The molecule has 0 spiro atoms. The van der Waals surface area contributed by atoms with Gasteiger partial charge in [-0.25, -0.2) is 0 Å². The summed E-state index contributed by atoms with van der Waals surface area (Å²) < 4.78 is 17.4. The number of rotatable bonds is 7. The molecule has 4 aromatic heterocycles. The normalized spacial score (nSPS) is 11.9. The van der Waals surface area contributed by atoms with Gasteiger partial charge in [0.1, 0.15) is 22.3 Å². The van der Waals surface area contributed by atoms with E-state index in [4.69, 9.17) is 8.83 Å². The lowest BCUT2D eigenvalue weighted by Crippen LogP contribution is -2.00. The van der Waals surface area contributed by atoms with Crippen LogP contribution in [-0.2, 0) is 0 Å². The van der Waals surface area contributed by atoms with Crippen LogP contribution in [0.3, 0.4) is 0 Å². The maximum atomic E-state index is 6.24. The second-order valence-electron chi connectivity index (χ2n) is 20.1. The van der Waals surface area contributed by atoms with Gasteiger partial charge in [-0.2, -0.15) is 0 Å². The Kier molecular flexibility index (Phi) is 9.30. The number of benzene rings is 12. The molecule has 0 amide bonds. The molecule has 0 saturated heterocycles. The summed E-state index contributed by atoms with van der Waals surface area (Å²) in [5.41, 5.74) is 21.9. The molecule has 16 rings (SSSR count). The first-order chi connectivity index (χ1) is 37.6. The number of fused-ring (bicyclic) bond motifs is 12. The van der Waals surface area contributed by atoms with Gasteiger partial charge in [0.2, 0.25) is 0 Å². The topological polar surface area (TPSA) is 36.1 Å². The zero-order valence-corrected chi connectivity index (χ0v) is 41.1. The molecule has 0 unspecified atom stereocenters. The lowest BCUT2D eigenvalue weighted by atomic mass is 9.93. The van der Waals surface area contributed by atoms with Crippen LogP contribution < -0.4 is 0 Å². The molecule has 354 valence electrons. The van der Waals surface area contributed by atoms with E-state index >= 15 is 0 Å². The Balaban J connectivity index is 0.931. The minimum Gasteiger partial charge on any atom is -0.456 e. The van der Waals surface area contributed by atoms with Gasteiger partial charge in [-0.15, -0.1) is 0 Å². The third kappa shape index (κ3) is 6.71. The van der Waals surface area contributed by atoms with Gasteiger partial charge in [-0.3, -0.25) is 0 Å². The molecule has 0 aliphatic heterocycles. The lowest BCUT2D eigenvalue weighted by molar-refractivity contribution is 0.668. The Morgan fingerprint density at radius 3 is 0.974 bits per heavy atom. The first kappa shape index (κ1) is 42.4. The molecular weight excluding hydrogens is 925 g/mol. The highest BCUT2D eigenvalue weighted by Crippen LogP contribution is 2.43. The number of hydrogen-bond donors (Lipinski definition) is 0. The van der Waals surface area contributed by atoms with Crippen molar-refractivity contribution in [1.82, 2.24) is 9.13 Å². The maximum Gasteiger partial charge on any atom is 0.135 e. The summed E-state index contributed by atoms with van der Waals surface area (Å²) in [4.78, 5) is 0. The van der Waals surface area contributed by atoms with E-state index in [9.17, 15) is 0 Å². The van der Waals surface area contributed by atoms with E-state index in [1.807, 2.05) is 24.3 Å². The molecule has 0 bridgehead atoms. The largest absolute Gasteiger partial charge is 0.456 e. The van der Waals surface area contributed by atoms with Crippen LogP contribution in [0.5, 0.6) is 0 Å². The minimum atomic E-state index is 0.897. The lowest BCUT2D eigenvalue weighted by Gasteiger charge is -2.17. The quantitative estimate of drug-likeness (QED) is 0.160. The fourth-order valence-corrected chi connectivity index (χ4v) is 12.1. The summed E-state index contributed by atoms with van der Waals surface area (Å²) in [5.74, 6) is 0. The van der Waals surface area contributed by atoms with Crippen LogP contribution in [0.1, 0.15) is 0 Å². The third-order valence-electron chi connectivity index (χ3n) is 15.7. The Morgan fingerprint density at radius 1 is 0.184 bits per heavy atom. The highest BCUT2D eigenvalue weighted by Gasteiger charge is 2.20.